The van der Waals surface area contributed by atoms with E-state index in [-0.39, 0.29) is 30.4 Å². The summed E-state index contributed by atoms with van der Waals surface area (Å²) in [5.74, 6) is -0.655. The van der Waals surface area contributed by atoms with Crippen molar-refractivity contribution < 1.29 is 28.5 Å². The van der Waals surface area contributed by atoms with Crippen LogP contribution in [0.3, 0.4) is 0 Å². The SMILES string of the molecule is COC(=O)C[C@H](O)C[C@H](O)C=Cn1c(C(C)C)nc(-c2ccc(F)cc2)c1-c1ccc(F)cc1. The Balaban J connectivity index is 2.05. The van der Waals surface area contributed by atoms with Crippen molar-refractivity contribution in [3.05, 3.63) is 72.1 Å². The quantitative estimate of drug-likeness (QED) is 0.441. The predicted molar refractivity (Wildman–Crippen MR) is 126 cm³/mol. The van der Waals surface area contributed by atoms with Gasteiger partial charge in [0.05, 0.1) is 37.1 Å². The van der Waals surface area contributed by atoms with E-state index in [4.69, 9.17) is 4.98 Å². The van der Waals surface area contributed by atoms with Crippen LogP contribution in [0, 0.1) is 11.6 Å². The lowest BCUT2D eigenvalue weighted by Crippen LogP contribution is -2.20. The van der Waals surface area contributed by atoms with Crippen molar-refractivity contribution in [2.45, 2.75) is 44.8 Å². The van der Waals surface area contributed by atoms with Crippen LogP contribution in [-0.4, -0.2) is 45.1 Å². The number of imidazole rings is 1. The Morgan fingerprint density at radius 1 is 1.03 bits per heavy atom. The monoisotopic (exact) mass is 470 g/mol. The van der Waals surface area contributed by atoms with E-state index < -0.39 is 18.2 Å². The number of aliphatic hydroxyl groups excluding tert-OH is 2. The van der Waals surface area contributed by atoms with Crippen LogP contribution in [0.2, 0.25) is 0 Å². The molecule has 3 rings (SSSR count). The number of aliphatic hydroxyl groups is 2. The molecule has 0 radical (unpaired) electrons. The van der Waals surface area contributed by atoms with Gasteiger partial charge in [-0.25, -0.2) is 13.8 Å². The fraction of sp³-hybridized carbons (Fsp3) is 0.308. The molecule has 0 fully saturated rings. The molecule has 0 saturated heterocycles. The number of carbonyl (C=O) groups excluding carboxylic acids is 1. The molecule has 3 aromatic rings. The van der Waals surface area contributed by atoms with Gasteiger partial charge in [0, 0.05) is 29.7 Å². The predicted octanol–water partition coefficient (Wildman–Crippen LogP) is 4.76. The van der Waals surface area contributed by atoms with Crippen LogP contribution >= 0.6 is 0 Å². The van der Waals surface area contributed by atoms with Crippen LogP contribution < -0.4 is 0 Å². The molecule has 0 unspecified atom stereocenters. The number of methoxy groups -OCH3 is 1. The third kappa shape index (κ3) is 6.15. The van der Waals surface area contributed by atoms with Crippen molar-refractivity contribution >= 4 is 12.2 Å². The van der Waals surface area contributed by atoms with Crippen molar-refractivity contribution in [2.24, 2.45) is 0 Å². The van der Waals surface area contributed by atoms with Crippen molar-refractivity contribution in [3.63, 3.8) is 0 Å². The molecule has 0 amide bonds. The fourth-order valence-corrected chi connectivity index (χ4v) is 3.60. The molecule has 0 aliphatic rings. The molecule has 0 aliphatic heterocycles. The minimum Gasteiger partial charge on any atom is -0.469 e. The Bertz CT molecular complexity index is 1140. The first-order valence-electron chi connectivity index (χ1n) is 10.9. The summed E-state index contributed by atoms with van der Waals surface area (Å²) < 4.78 is 33.5. The number of esters is 1. The van der Waals surface area contributed by atoms with E-state index in [9.17, 15) is 23.8 Å². The Hall–Kier alpha value is -3.36. The summed E-state index contributed by atoms with van der Waals surface area (Å²) in [6.45, 7) is 3.93. The highest BCUT2D eigenvalue weighted by Crippen LogP contribution is 2.35. The molecule has 2 atom stereocenters. The van der Waals surface area contributed by atoms with Crippen LogP contribution in [0.1, 0.15) is 38.4 Å². The molecule has 1 aromatic heterocycles. The highest BCUT2D eigenvalue weighted by Gasteiger charge is 2.21. The Labute approximate surface area is 197 Å². The van der Waals surface area contributed by atoms with Gasteiger partial charge in [0.15, 0.2) is 0 Å². The minimum absolute atomic E-state index is 0.0138. The maximum atomic E-state index is 13.6. The van der Waals surface area contributed by atoms with E-state index >= 15 is 0 Å². The summed E-state index contributed by atoms with van der Waals surface area (Å²) in [4.78, 5) is 16.1. The Morgan fingerprint density at radius 3 is 2.12 bits per heavy atom. The molecule has 0 saturated carbocycles. The number of aromatic nitrogens is 2. The molecule has 34 heavy (non-hydrogen) atoms. The number of halogens is 2. The van der Waals surface area contributed by atoms with Gasteiger partial charge in [0.1, 0.15) is 17.5 Å². The van der Waals surface area contributed by atoms with Gasteiger partial charge in [-0.3, -0.25) is 4.79 Å². The number of rotatable bonds is 9. The standard InChI is InChI=1S/C26H28F2N2O4/c1-16(2)26-29-24(17-4-8-19(27)9-5-17)25(18-6-10-20(28)11-7-18)30(26)13-12-21(31)14-22(32)15-23(33)34-3/h4-13,16,21-22,31-32H,14-15H2,1-3H3/t21-,22-/m1/s1. The molecule has 6 nitrogen and oxygen atoms in total. The number of carbonyl (C=O) groups is 1. The van der Waals surface area contributed by atoms with Gasteiger partial charge in [0.25, 0.3) is 0 Å². The number of benzene rings is 2. The summed E-state index contributed by atoms with van der Waals surface area (Å²) in [5, 5.41) is 20.4. The fourth-order valence-electron chi connectivity index (χ4n) is 3.60. The van der Waals surface area contributed by atoms with Gasteiger partial charge in [-0.2, -0.15) is 0 Å². The molecule has 0 spiro atoms. The first kappa shape index (κ1) is 25.3. The summed E-state index contributed by atoms with van der Waals surface area (Å²) >= 11 is 0. The van der Waals surface area contributed by atoms with Crippen molar-refractivity contribution in [2.75, 3.05) is 7.11 Å². The zero-order valence-electron chi connectivity index (χ0n) is 19.3. The average molecular weight is 471 g/mol. The molecular weight excluding hydrogens is 442 g/mol. The Morgan fingerprint density at radius 2 is 1.59 bits per heavy atom. The lowest BCUT2D eigenvalue weighted by atomic mass is 10.0. The third-order valence-corrected chi connectivity index (χ3v) is 5.29. The van der Waals surface area contributed by atoms with E-state index in [0.717, 1.165) is 0 Å². The molecule has 0 bridgehead atoms. The zero-order chi connectivity index (χ0) is 24.8. The molecule has 0 aliphatic carbocycles. The van der Waals surface area contributed by atoms with Gasteiger partial charge < -0.3 is 19.5 Å². The van der Waals surface area contributed by atoms with Crippen molar-refractivity contribution in [1.29, 1.82) is 0 Å². The van der Waals surface area contributed by atoms with E-state index in [1.165, 1.54) is 37.5 Å². The first-order chi connectivity index (χ1) is 16.2. The zero-order valence-corrected chi connectivity index (χ0v) is 19.3. The number of ether oxygens (including phenoxy) is 1. The molecule has 8 heteroatoms. The summed E-state index contributed by atoms with van der Waals surface area (Å²) in [7, 11) is 1.23. The second-order valence-corrected chi connectivity index (χ2v) is 8.28. The number of hydrogen-bond donors (Lipinski definition) is 2. The van der Waals surface area contributed by atoms with Gasteiger partial charge in [0.2, 0.25) is 0 Å². The molecule has 1 heterocycles. The van der Waals surface area contributed by atoms with E-state index in [1.807, 2.05) is 13.8 Å². The van der Waals surface area contributed by atoms with Gasteiger partial charge in [-0.1, -0.05) is 13.8 Å². The average Bonchev–Trinajstić information content (AvgIpc) is 3.18. The van der Waals surface area contributed by atoms with Crippen LogP contribution in [0.4, 0.5) is 8.78 Å². The largest absolute Gasteiger partial charge is 0.469 e. The molecular formula is C26H28F2N2O4. The lowest BCUT2D eigenvalue weighted by molar-refractivity contribution is -0.143. The smallest absolute Gasteiger partial charge is 0.308 e. The van der Waals surface area contributed by atoms with Gasteiger partial charge in [-0.15, -0.1) is 0 Å². The Kier molecular flexibility index (Phi) is 8.31. The normalized spacial score (nSPS) is 13.4. The lowest BCUT2D eigenvalue weighted by Gasteiger charge is -2.14. The van der Waals surface area contributed by atoms with Crippen LogP contribution in [0.25, 0.3) is 28.7 Å². The highest BCUT2D eigenvalue weighted by molar-refractivity contribution is 5.80. The van der Waals surface area contributed by atoms with E-state index in [0.29, 0.717) is 28.3 Å². The maximum absolute atomic E-state index is 13.6. The summed E-state index contributed by atoms with van der Waals surface area (Å²) in [6, 6.07) is 11.9. The molecule has 180 valence electrons. The number of hydrogen-bond acceptors (Lipinski definition) is 5. The summed E-state index contributed by atoms with van der Waals surface area (Å²) in [6.07, 6.45) is 0.745. The van der Waals surface area contributed by atoms with Crippen LogP contribution in [0.5, 0.6) is 0 Å². The summed E-state index contributed by atoms with van der Waals surface area (Å²) in [5.41, 5.74) is 2.60. The van der Waals surface area contributed by atoms with E-state index in [2.05, 4.69) is 4.74 Å². The third-order valence-electron chi connectivity index (χ3n) is 5.29. The molecule has 2 N–H and O–H groups in total. The van der Waals surface area contributed by atoms with Crippen molar-refractivity contribution in [1.82, 2.24) is 9.55 Å². The van der Waals surface area contributed by atoms with Gasteiger partial charge >= 0.3 is 5.97 Å². The second-order valence-electron chi connectivity index (χ2n) is 8.28. The van der Waals surface area contributed by atoms with Crippen LogP contribution in [-0.2, 0) is 9.53 Å². The highest BCUT2D eigenvalue weighted by atomic mass is 19.1. The second kappa shape index (κ2) is 11.2. The molecule has 2 aromatic carbocycles. The van der Waals surface area contributed by atoms with E-state index in [1.54, 1.807) is 35.0 Å². The minimum atomic E-state index is -1.06. The first-order valence-corrected chi connectivity index (χ1v) is 10.9. The van der Waals surface area contributed by atoms with Gasteiger partial charge in [-0.05, 0) is 54.6 Å². The maximum Gasteiger partial charge on any atom is 0.308 e. The number of nitrogens with zero attached hydrogens (tertiary/aromatic N) is 2. The van der Waals surface area contributed by atoms with Crippen LogP contribution in [0.15, 0.2) is 54.6 Å². The topological polar surface area (TPSA) is 84.6 Å². The van der Waals surface area contributed by atoms with Crippen molar-refractivity contribution in [3.8, 4) is 22.5 Å².